The van der Waals surface area contributed by atoms with Crippen molar-refractivity contribution >= 4 is 29.0 Å². The summed E-state index contributed by atoms with van der Waals surface area (Å²) in [5.41, 5.74) is 0. The molecule has 0 aromatic carbocycles. The summed E-state index contributed by atoms with van der Waals surface area (Å²) in [7, 11) is 0. The van der Waals surface area contributed by atoms with Gasteiger partial charge in [0.15, 0.2) is 12.4 Å². The zero-order valence-electron chi connectivity index (χ0n) is 10.3. The molecule has 0 saturated carbocycles. The van der Waals surface area contributed by atoms with Crippen molar-refractivity contribution in [1.82, 2.24) is 5.32 Å². The monoisotopic (exact) mass is 293 g/mol. The number of esters is 1. The number of hydrogen-bond donors (Lipinski definition) is 1. The van der Waals surface area contributed by atoms with Crippen molar-refractivity contribution in [3.05, 3.63) is 46.5 Å². The average Bonchev–Trinajstić information content (AvgIpc) is 3.14. The van der Waals surface area contributed by atoms with E-state index < -0.39 is 11.9 Å². The van der Waals surface area contributed by atoms with Crippen molar-refractivity contribution < 1.29 is 23.5 Å². The van der Waals surface area contributed by atoms with Gasteiger partial charge in [0.2, 0.25) is 5.78 Å². The van der Waals surface area contributed by atoms with E-state index in [9.17, 15) is 14.4 Å². The number of amides is 1. The molecule has 0 fully saturated rings. The lowest BCUT2D eigenvalue weighted by Gasteiger charge is -2.04. The third kappa shape index (κ3) is 3.79. The zero-order valence-corrected chi connectivity index (χ0v) is 11.1. The van der Waals surface area contributed by atoms with Gasteiger partial charge in [-0.1, -0.05) is 6.07 Å². The van der Waals surface area contributed by atoms with E-state index in [0.29, 0.717) is 4.88 Å². The second kappa shape index (κ2) is 6.67. The van der Waals surface area contributed by atoms with Crippen LogP contribution < -0.4 is 5.32 Å². The van der Waals surface area contributed by atoms with E-state index in [1.807, 2.05) is 0 Å². The van der Waals surface area contributed by atoms with Crippen LogP contribution in [0.15, 0.2) is 40.3 Å². The summed E-state index contributed by atoms with van der Waals surface area (Å²) in [4.78, 5) is 34.9. The van der Waals surface area contributed by atoms with Crippen LogP contribution in [0.3, 0.4) is 0 Å². The number of carbonyl (C=O) groups excluding carboxylic acids is 3. The lowest BCUT2D eigenvalue weighted by molar-refractivity contribution is -0.141. The van der Waals surface area contributed by atoms with Crippen molar-refractivity contribution in [3.63, 3.8) is 0 Å². The highest BCUT2D eigenvalue weighted by Gasteiger charge is 2.13. The fraction of sp³-hybridized carbons (Fsp3) is 0.154. The lowest BCUT2D eigenvalue weighted by atomic mass is 10.3. The van der Waals surface area contributed by atoms with Gasteiger partial charge in [0.1, 0.15) is 6.54 Å². The smallest absolute Gasteiger partial charge is 0.325 e. The van der Waals surface area contributed by atoms with E-state index in [1.165, 1.54) is 23.7 Å². The molecule has 2 aromatic heterocycles. The number of hydrogen-bond acceptors (Lipinski definition) is 6. The SMILES string of the molecule is O=C(CNC(=O)c1ccco1)OCC(=O)c1cccs1. The van der Waals surface area contributed by atoms with E-state index >= 15 is 0 Å². The first-order valence-electron chi connectivity index (χ1n) is 5.71. The maximum atomic E-state index is 11.6. The van der Waals surface area contributed by atoms with Crippen LogP contribution in [0.25, 0.3) is 0 Å². The molecule has 2 heterocycles. The Morgan fingerprint density at radius 2 is 2.10 bits per heavy atom. The highest BCUT2D eigenvalue weighted by atomic mass is 32.1. The van der Waals surface area contributed by atoms with E-state index in [1.54, 1.807) is 23.6 Å². The van der Waals surface area contributed by atoms with E-state index in [2.05, 4.69) is 5.32 Å². The standard InChI is InChI=1S/C13H11NO5S/c15-9(11-4-2-6-20-11)8-19-12(16)7-14-13(17)10-3-1-5-18-10/h1-6H,7-8H2,(H,14,17). The molecule has 0 aliphatic heterocycles. The predicted molar refractivity (Wildman–Crippen MR) is 70.6 cm³/mol. The van der Waals surface area contributed by atoms with Gasteiger partial charge in [-0.25, -0.2) is 0 Å². The fourth-order valence-electron chi connectivity index (χ4n) is 1.35. The molecule has 0 aliphatic carbocycles. The van der Waals surface area contributed by atoms with Crippen LogP contribution in [0.2, 0.25) is 0 Å². The Hall–Kier alpha value is -2.41. The molecule has 2 aromatic rings. The van der Waals surface area contributed by atoms with Crippen LogP contribution in [-0.2, 0) is 9.53 Å². The number of Topliss-reactive ketones (excluding diaryl/α,β-unsaturated/α-hetero) is 1. The summed E-state index contributed by atoms with van der Waals surface area (Å²) in [6.07, 6.45) is 1.35. The molecule has 0 radical (unpaired) electrons. The molecule has 2 rings (SSSR count). The molecule has 104 valence electrons. The molecular weight excluding hydrogens is 282 g/mol. The summed E-state index contributed by atoms with van der Waals surface area (Å²) in [6, 6.07) is 6.43. The van der Waals surface area contributed by atoms with Crippen molar-refractivity contribution in [1.29, 1.82) is 0 Å². The van der Waals surface area contributed by atoms with Gasteiger partial charge in [0, 0.05) is 0 Å². The molecule has 1 N–H and O–H groups in total. The van der Waals surface area contributed by atoms with Crippen molar-refractivity contribution in [2.24, 2.45) is 0 Å². The minimum Gasteiger partial charge on any atom is -0.459 e. The average molecular weight is 293 g/mol. The Kier molecular flexibility index (Phi) is 4.67. The summed E-state index contributed by atoms with van der Waals surface area (Å²) in [5, 5.41) is 4.09. The topological polar surface area (TPSA) is 85.6 Å². The van der Waals surface area contributed by atoms with Gasteiger partial charge in [0.25, 0.3) is 5.91 Å². The van der Waals surface area contributed by atoms with Crippen LogP contribution in [0.4, 0.5) is 0 Å². The Bertz CT molecular complexity index is 536. The highest BCUT2D eigenvalue weighted by molar-refractivity contribution is 7.12. The van der Waals surface area contributed by atoms with Crippen LogP contribution >= 0.6 is 11.3 Å². The third-order valence-corrected chi connectivity index (χ3v) is 3.21. The Morgan fingerprint density at radius 1 is 1.25 bits per heavy atom. The molecular formula is C13H11NO5S. The first-order valence-corrected chi connectivity index (χ1v) is 6.59. The van der Waals surface area contributed by atoms with Crippen LogP contribution in [-0.4, -0.2) is 30.8 Å². The van der Waals surface area contributed by atoms with Crippen LogP contribution in [0.5, 0.6) is 0 Å². The van der Waals surface area contributed by atoms with Crippen molar-refractivity contribution in [2.75, 3.05) is 13.2 Å². The molecule has 1 amide bonds. The molecule has 7 heteroatoms. The van der Waals surface area contributed by atoms with Gasteiger partial charge in [0.05, 0.1) is 11.1 Å². The molecule has 20 heavy (non-hydrogen) atoms. The second-order valence-electron chi connectivity index (χ2n) is 3.72. The molecule has 0 spiro atoms. The predicted octanol–water partition coefficient (Wildman–Crippen LogP) is 1.50. The largest absolute Gasteiger partial charge is 0.459 e. The first kappa shape index (κ1) is 14.0. The van der Waals surface area contributed by atoms with Gasteiger partial charge < -0.3 is 14.5 Å². The third-order valence-electron chi connectivity index (χ3n) is 2.30. The van der Waals surface area contributed by atoms with Gasteiger partial charge >= 0.3 is 5.97 Å². The maximum Gasteiger partial charge on any atom is 0.325 e. The fourth-order valence-corrected chi connectivity index (χ4v) is 2.00. The molecule has 0 aliphatic rings. The number of nitrogens with one attached hydrogen (secondary N) is 1. The Labute approximate surface area is 118 Å². The summed E-state index contributed by atoms with van der Waals surface area (Å²) >= 11 is 1.28. The number of rotatable bonds is 6. The van der Waals surface area contributed by atoms with E-state index in [0.717, 1.165) is 0 Å². The number of ether oxygens (including phenoxy) is 1. The number of carbonyl (C=O) groups is 3. The maximum absolute atomic E-state index is 11.6. The van der Waals surface area contributed by atoms with E-state index in [4.69, 9.17) is 9.15 Å². The summed E-state index contributed by atoms with van der Waals surface area (Å²) < 4.78 is 9.63. The quantitative estimate of drug-likeness (QED) is 0.644. The van der Waals surface area contributed by atoms with E-state index in [-0.39, 0.29) is 24.7 Å². The van der Waals surface area contributed by atoms with Gasteiger partial charge in [-0.3, -0.25) is 14.4 Å². The minimum atomic E-state index is -0.685. The second-order valence-corrected chi connectivity index (χ2v) is 4.67. The Balaban J connectivity index is 1.71. The first-order chi connectivity index (χ1) is 9.66. The Morgan fingerprint density at radius 3 is 2.75 bits per heavy atom. The zero-order chi connectivity index (χ0) is 14.4. The minimum absolute atomic E-state index is 0.104. The van der Waals surface area contributed by atoms with Crippen LogP contribution in [0, 0.1) is 0 Å². The molecule has 0 atom stereocenters. The lowest BCUT2D eigenvalue weighted by Crippen LogP contribution is -2.31. The summed E-state index contributed by atoms with van der Waals surface area (Å²) in [5.74, 6) is -1.37. The van der Waals surface area contributed by atoms with Crippen LogP contribution in [0.1, 0.15) is 20.2 Å². The van der Waals surface area contributed by atoms with Crippen molar-refractivity contribution in [2.45, 2.75) is 0 Å². The summed E-state index contributed by atoms with van der Waals surface area (Å²) in [6.45, 7) is -0.660. The van der Waals surface area contributed by atoms with Gasteiger partial charge in [-0.15, -0.1) is 11.3 Å². The molecule has 0 bridgehead atoms. The van der Waals surface area contributed by atoms with Gasteiger partial charge in [-0.2, -0.15) is 0 Å². The van der Waals surface area contributed by atoms with Crippen molar-refractivity contribution in [3.8, 4) is 0 Å². The van der Waals surface area contributed by atoms with Gasteiger partial charge in [-0.05, 0) is 23.6 Å². The highest BCUT2D eigenvalue weighted by Crippen LogP contribution is 2.09. The number of furan rings is 1. The normalized spacial score (nSPS) is 10.0. The number of ketones is 1. The molecule has 6 nitrogen and oxygen atoms in total. The number of thiophene rings is 1. The molecule has 0 unspecified atom stereocenters. The molecule has 0 saturated heterocycles.